The van der Waals surface area contributed by atoms with E-state index in [1.165, 1.54) is 0 Å². The molecule has 0 bridgehead atoms. The Morgan fingerprint density at radius 1 is 1.17 bits per heavy atom. The molecule has 2 nitrogen and oxygen atoms in total. The quantitative estimate of drug-likeness (QED) is 0.741. The Balaban J connectivity index is 2.81. The van der Waals surface area contributed by atoms with Crippen LogP contribution < -0.4 is 5.32 Å². The smallest absolute Gasteiger partial charge is 0.152 e. The molecule has 0 radical (unpaired) electrons. The Morgan fingerprint density at radius 3 is 2.17 bits per heavy atom. The fourth-order valence-electron chi connectivity index (χ4n) is 2.25. The first-order valence-electron chi connectivity index (χ1n) is 6.77. The number of rotatable bonds is 6. The van der Waals surface area contributed by atoms with Crippen molar-refractivity contribution in [3.63, 3.8) is 0 Å². The molecule has 0 fully saturated rings. The van der Waals surface area contributed by atoms with Crippen LogP contribution in [0.15, 0.2) is 12.3 Å². The second-order valence-electron chi connectivity index (χ2n) is 5.89. The Bertz CT molecular complexity index is 345. The fraction of sp³-hybridized carbons (Fsp3) is 0.667. The lowest BCUT2D eigenvalue weighted by atomic mass is 9.95. The van der Waals surface area contributed by atoms with Crippen LogP contribution in [0.2, 0.25) is 5.15 Å². The van der Waals surface area contributed by atoms with Gasteiger partial charge in [0, 0.05) is 12.2 Å². The van der Waals surface area contributed by atoms with Crippen LogP contribution in [0.5, 0.6) is 0 Å². The number of hydrogen-bond donors (Lipinski definition) is 1. The molecule has 0 aliphatic carbocycles. The molecule has 0 saturated heterocycles. The van der Waals surface area contributed by atoms with Gasteiger partial charge in [0.2, 0.25) is 0 Å². The van der Waals surface area contributed by atoms with E-state index in [0.717, 1.165) is 24.1 Å². The van der Waals surface area contributed by atoms with E-state index in [-0.39, 0.29) is 0 Å². The van der Waals surface area contributed by atoms with E-state index in [1.807, 2.05) is 6.07 Å². The maximum Gasteiger partial charge on any atom is 0.152 e. The van der Waals surface area contributed by atoms with Crippen molar-refractivity contribution in [3.8, 4) is 0 Å². The normalized spacial score (nSPS) is 11.6. The molecule has 1 heterocycles. The molecular formula is C15H25ClN2. The van der Waals surface area contributed by atoms with Gasteiger partial charge in [-0.15, -0.1) is 0 Å². The molecule has 0 spiro atoms. The minimum atomic E-state index is 0.463. The van der Waals surface area contributed by atoms with Crippen molar-refractivity contribution in [3.05, 3.63) is 23.0 Å². The molecule has 1 rings (SSSR count). The van der Waals surface area contributed by atoms with Gasteiger partial charge in [-0.05, 0) is 43.2 Å². The van der Waals surface area contributed by atoms with E-state index in [1.54, 1.807) is 6.20 Å². The maximum atomic E-state index is 6.17. The van der Waals surface area contributed by atoms with Crippen LogP contribution in [-0.2, 0) is 0 Å². The molecule has 1 N–H and O–H groups in total. The van der Waals surface area contributed by atoms with E-state index in [2.05, 4.69) is 44.9 Å². The lowest BCUT2D eigenvalue weighted by Crippen LogP contribution is -2.24. The summed E-state index contributed by atoms with van der Waals surface area (Å²) in [6.07, 6.45) is 4.06. The molecule has 0 aliphatic heterocycles. The topological polar surface area (TPSA) is 24.9 Å². The lowest BCUT2D eigenvalue weighted by Gasteiger charge is -2.24. The van der Waals surface area contributed by atoms with Gasteiger partial charge in [0.15, 0.2) is 5.15 Å². The van der Waals surface area contributed by atoms with Crippen LogP contribution in [0.4, 0.5) is 5.69 Å². The number of nitrogens with zero attached hydrogens (tertiary/aromatic N) is 1. The number of aromatic nitrogens is 1. The zero-order chi connectivity index (χ0) is 13.7. The Morgan fingerprint density at radius 2 is 1.72 bits per heavy atom. The summed E-state index contributed by atoms with van der Waals surface area (Å²) < 4.78 is 0. The van der Waals surface area contributed by atoms with Crippen LogP contribution in [0.3, 0.4) is 0 Å². The maximum absolute atomic E-state index is 6.17. The second-order valence-corrected chi connectivity index (χ2v) is 6.25. The summed E-state index contributed by atoms with van der Waals surface area (Å²) in [6.45, 7) is 11.1. The SMILES string of the molecule is Cc1ccnc(Cl)c1NC(CC(C)C)CC(C)C. The zero-order valence-corrected chi connectivity index (χ0v) is 12.9. The molecule has 0 saturated carbocycles. The van der Waals surface area contributed by atoms with Gasteiger partial charge in [-0.25, -0.2) is 4.98 Å². The second kappa shape index (κ2) is 6.98. The van der Waals surface area contributed by atoms with Gasteiger partial charge < -0.3 is 5.32 Å². The van der Waals surface area contributed by atoms with Crippen molar-refractivity contribution >= 4 is 17.3 Å². The van der Waals surface area contributed by atoms with Crippen LogP contribution in [0.25, 0.3) is 0 Å². The van der Waals surface area contributed by atoms with E-state index in [0.29, 0.717) is 23.0 Å². The van der Waals surface area contributed by atoms with Crippen LogP contribution >= 0.6 is 11.6 Å². The molecule has 1 aromatic heterocycles. The minimum Gasteiger partial charge on any atom is -0.380 e. The highest BCUT2D eigenvalue weighted by Gasteiger charge is 2.15. The monoisotopic (exact) mass is 268 g/mol. The summed E-state index contributed by atoms with van der Waals surface area (Å²) in [5.41, 5.74) is 2.15. The summed E-state index contributed by atoms with van der Waals surface area (Å²) in [4.78, 5) is 4.15. The molecule has 0 aliphatic rings. The summed E-state index contributed by atoms with van der Waals surface area (Å²) in [5.74, 6) is 1.36. The highest BCUT2D eigenvalue weighted by atomic mass is 35.5. The molecule has 102 valence electrons. The fourth-order valence-corrected chi connectivity index (χ4v) is 2.51. The summed E-state index contributed by atoms with van der Waals surface area (Å²) in [6, 6.07) is 2.46. The first-order chi connectivity index (χ1) is 8.40. The molecule has 3 heteroatoms. The van der Waals surface area contributed by atoms with Crippen molar-refractivity contribution in [1.29, 1.82) is 0 Å². The van der Waals surface area contributed by atoms with Crippen LogP contribution in [0, 0.1) is 18.8 Å². The average molecular weight is 269 g/mol. The predicted molar refractivity (Wildman–Crippen MR) is 80.3 cm³/mol. The average Bonchev–Trinajstić information content (AvgIpc) is 2.21. The van der Waals surface area contributed by atoms with E-state index in [4.69, 9.17) is 11.6 Å². The van der Waals surface area contributed by atoms with E-state index >= 15 is 0 Å². The molecule has 0 unspecified atom stereocenters. The van der Waals surface area contributed by atoms with Gasteiger partial charge in [-0.2, -0.15) is 0 Å². The number of aryl methyl sites for hydroxylation is 1. The van der Waals surface area contributed by atoms with Crippen molar-refractivity contribution < 1.29 is 0 Å². The third-order valence-electron chi connectivity index (χ3n) is 2.97. The highest BCUT2D eigenvalue weighted by molar-refractivity contribution is 6.32. The van der Waals surface area contributed by atoms with Crippen molar-refractivity contribution in [2.24, 2.45) is 11.8 Å². The third-order valence-corrected chi connectivity index (χ3v) is 3.26. The Kier molecular flexibility index (Phi) is 5.94. The third kappa shape index (κ3) is 4.85. The first-order valence-corrected chi connectivity index (χ1v) is 7.15. The lowest BCUT2D eigenvalue weighted by molar-refractivity contribution is 0.442. The number of halogens is 1. The zero-order valence-electron chi connectivity index (χ0n) is 12.1. The molecule has 18 heavy (non-hydrogen) atoms. The van der Waals surface area contributed by atoms with E-state index in [9.17, 15) is 0 Å². The van der Waals surface area contributed by atoms with E-state index < -0.39 is 0 Å². The minimum absolute atomic E-state index is 0.463. The highest BCUT2D eigenvalue weighted by Crippen LogP contribution is 2.26. The van der Waals surface area contributed by atoms with Crippen molar-refractivity contribution in [2.45, 2.75) is 53.5 Å². The molecule has 0 atom stereocenters. The van der Waals surface area contributed by atoms with Gasteiger partial charge in [-0.1, -0.05) is 39.3 Å². The number of hydrogen-bond acceptors (Lipinski definition) is 2. The van der Waals surface area contributed by atoms with Gasteiger partial charge in [0.25, 0.3) is 0 Å². The number of anilines is 1. The number of pyridine rings is 1. The van der Waals surface area contributed by atoms with Gasteiger partial charge in [0.1, 0.15) is 0 Å². The molecular weight excluding hydrogens is 244 g/mol. The molecule has 0 aromatic carbocycles. The van der Waals surface area contributed by atoms with Gasteiger partial charge in [0.05, 0.1) is 5.69 Å². The van der Waals surface area contributed by atoms with Crippen molar-refractivity contribution in [1.82, 2.24) is 4.98 Å². The predicted octanol–water partition coefficient (Wildman–Crippen LogP) is 4.92. The molecule has 0 amide bonds. The van der Waals surface area contributed by atoms with Crippen LogP contribution in [-0.4, -0.2) is 11.0 Å². The Labute approximate surface area is 116 Å². The van der Waals surface area contributed by atoms with Crippen molar-refractivity contribution in [2.75, 3.05) is 5.32 Å². The largest absolute Gasteiger partial charge is 0.380 e. The first kappa shape index (κ1) is 15.3. The summed E-state index contributed by atoms with van der Waals surface area (Å²) in [5, 5.41) is 4.16. The van der Waals surface area contributed by atoms with Gasteiger partial charge in [-0.3, -0.25) is 0 Å². The Hall–Kier alpha value is -0.760. The summed E-state index contributed by atoms with van der Waals surface area (Å²) in [7, 11) is 0. The van der Waals surface area contributed by atoms with Gasteiger partial charge >= 0.3 is 0 Å². The van der Waals surface area contributed by atoms with Crippen LogP contribution in [0.1, 0.15) is 46.1 Å². The standard InChI is InChI=1S/C15H25ClN2/c1-10(2)8-13(9-11(3)4)18-14-12(5)6-7-17-15(14)16/h6-7,10-11,13,18H,8-9H2,1-5H3. The molecule has 1 aromatic rings. The summed E-state index contributed by atoms with van der Waals surface area (Å²) >= 11 is 6.17. The number of nitrogens with one attached hydrogen (secondary N) is 1.